The summed E-state index contributed by atoms with van der Waals surface area (Å²) < 4.78 is 0. The van der Waals surface area contributed by atoms with Gasteiger partial charge in [0.1, 0.15) is 11.0 Å². The topological polar surface area (TPSA) is 34.0 Å². The van der Waals surface area contributed by atoms with Crippen molar-refractivity contribution in [1.29, 1.82) is 0 Å². The van der Waals surface area contributed by atoms with E-state index in [4.69, 9.17) is 10.2 Å². The molecule has 0 aliphatic rings. The Kier molecular flexibility index (Phi) is 6.76. The van der Waals surface area contributed by atoms with Crippen LogP contribution in [0.15, 0.2) is 182 Å². The molecule has 0 radical (unpaired) electrons. The minimum atomic E-state index is 0.869. The van der Waals surface area contributed by atoms with Gasteiger partial charge in [0, 0.05) is 22.4 Å². The molecule has 0 N–H and O–H groups in total. The van der Waals surface area contributed by atoms with Crippen molar-refractivity contribution in [1.82, 2.24) is 15.0 Å². The van der Waals surface area contributed by atoms with E-state index in [2.05, 4.69) is 157 Å². The second-order valence-corrected chi connectivity index (χ2v) is 12.0. The first kappa shape index (κ1) is 27.8. The molecule has 0 saturated carbocycles. The lowest BCUT2D eigenvalue weighted by Gasteiger charge is -2.26. The molecule has 4 nitrogen and oxygen atoms in total. The first-order valence-corrected chi connectivity index (χ1v) is 16.2. The molecule has 0 fully saturated rings. The normalized spacial score (nSPS) is 11.3. The van der Waals surface area contributed by atoms with Crippen molar-refractivity contribution in [3.63, 3.8) is 0 Å². The van der Waals surface area contributed by atoms with Crippen LogP contribution in [0.25, 0.3) is 60.5 Å². The van der Waals surface area contributed by atoms with Crippen molar-refractivity contribution in [2.75, 3.05) is 4.90 Å². The van der Waals surface area contributed by atoms with Gasteiger partial charge < -0.3 is 4.90 Å². The second kappa shape index (κ2) is 11.7. The summed E-state index contributed by atoms with van der Waals surface area (Å²) in [4.78, 5) is 4.08. The first-order chi connectivity index (χ1) is 23.8. The molecule has 0 aliphatic carbocycles. The lowest BCUT2D eigenvalue weighted by molar-refractivity contribution is 0.766. The number of benzene rings is 8. The molecule has 0 unspecified atom stereocenters. The number of nitrogens with zero attached hydrogens (tertiary/aromatic N) is 4. The van der Waals surface area contributed by atoms with Crippen molar-refractivity contribution < 1.29 is 0 Å². The van der Waals surface area contributed by atoms with E-state index in [0.29, 0.717) is 0 Å². The first-order valence-electron chi connectivity index (χ1n) is 16.2. The number of para-hydroxylation sites is 2. The van der Waals surface area contributed by atoms with Crippen LogP contribution >= 0.6 is 0 Å². The van der Waals surface area contributed by atoms with Crippen LogP contribution in [0.5, 0.6) is 0 Å². The van der Waals surface area contributed by atoms with Gasteiger partial charge in [0.25, 0.3) is 0 Å². The fourth-order valence-electron chi connectivity index (χ4n) is 6.76. The Morgan fingerprint density at radius 2 is 1.00 bits per heavy atom. The van der Waals surface area contributed by atoms with Crippen molar-refractivity contribution in [3.05, 3.63) is 182 Å². The maximum Gasteiger partial charge on any atom is 0.122 e. The Labute approximate surface area is 278 Å². The van der Waals surface area contributed by atoms with Crippen LogP contribution in [-0.4, -0.2) is 15.0 Å². The van der Waals surface area contributed by atoms with Crippen LogP contribution < -0.4 is 4.90 Å². The van der Waals surface area contributed by atoms with E-state index in [1.54, 1.807) is 4.80 Å². The molecule has 9 rings (SSSR count). The van der Waals surface area contributed by atoms with E-state index in [9.17, 15) is 0 Å². The molecule has 0 aliphatic heterocycles. The quantitative estimate of drug-likeness (QED) is 0.175. The standard InChI is InChI=1S/C44H30N4/c1-4-13-31(14-5-1)39-21-10-11-22-40(39)34-15-12-20-37(29-34)47(35-16-6-2-7-17-35)38-27-25-32-23-24-33-26-28-42-44(43(33)41(32)30-38)46-48(45-42)36-18-8-3-9-19-36/h1-30H. The van der Waals surface area contributed by atoms with Gasteiger partial charge >= 0.3 is 0 Å². The number of aromatic nitrogens is 3. The predicted molar refractivity (Wildman–Crippen MR) is 199 cm³/mol. The van der Waals surface area contributed by atoms with Crippen LogP contribution in [0.3, 0.4) is 0 Å². The average molecular weight is 615 g/mol. The van der Waals surface area contributed by atoms with Gasteiger partial charge in [-0.25, -0.2) is 0 Å². The maximum absolute atomic E-state index is 5.02. The number of fused-ring (bicyclic) bond motifs is 5. The SMILES string of the molecule is c1ccc(-c2ccccc2-c2cccc(N(c3ccccc3)c3ccc4ccc5ccc6nn(-c7ccccc7)nc6c5c4c3)c2)cc1. The van der Waals surface area contributed by atoms with Crippen LogP contribution in [-0.2, 0) is 0 Å². The van der Waals surface area contributed by atoms with E-state index < -0.39 is 0 Å². The third-order valence-corrected chi connectivity index (χ3v) is 9.02. The Hall–Kier alpha value is -6.52. The zero-order valence-corrected chi connectivity index (χ0v) is 26.1. The molecule has 0 amide bonds. The number of anilines is 3. The molecule has 9 aromatic rings. The second-order valence-electron chi connectivity index (χ2n) is 12.0. The van der Waals surface area contributed by atoms with E-state index >= 15 is 0 Å². The van der Waals surface area contributed by atoms with E-state index in [0.717, 1.165) is 55.3 Å². The van der Waals surface area contributed by atoms with Crippen molar-refractivity contribution in [2.45, 2.75) is 0 Å². The zero-order valence-electron chi connectivity index (χ0n) is 26.1. The van der Waals surface area contributed by atoms with Gasteiger partial charge in [-0.3, -0.25) is 0 Å². The number of hydrogen-bond acceptors (Lipinski definition) is 3. The highest BCUT2D eigenvalue weighted by atomic mass is 15.5. The number of hydrogen-bond donors (Lipinski definition) is 0. The molecule has 1 aromatic heterocycles. The summed E-state index contributed by atoms with van der Waals surface area (Å²) in [6.45, 7) is 0. The highest BCUT2D eigenvalue weighted by molar-refractivity contribution is 6.19. The molecule has 0 spiro atoms. The van der Waals surface area contributed by atoms with Crippen LogP contribution in [0.4, 0.5) is 17.1 Å². The van der Waals surface area contributed by atoms with E-state index in [1.165, 1.54) is 22.3 Å². The van der Waals surface area contributed by atoms with Gasteiger partial charge in [0.15, 0.2) is 0 Å². The van der Waals surface area contributed by atoms with Gasteiger partial charge in [-0.15, -0.1) is 10.2 Å². The fourth-order valence-corrected chi connectivity index (χ4v) is 6.76. The summed E-state index contributed by atoms with van der Waals surface area (Å²) in [5.41, 5.74) is 10.7. The highest BCUT2D eigenvalue weighted by Gasteiger charge is 2.17. The molecule has 1 heterocycles. The molecule has 226 valence electrons. The minimum absolute atomic E-state index is 0.869. The summed E-state index contributed by atoms with van der Waals surface area (Å²) in [5, 5.41) is 14.4. The Bertz CT molecular complexity index is 2560. The molecular formula is C44H30N4. The van der Waals surface area contributed by atoms with Crippen molar-refractivity contribution >= 4 is 49.6 Å². The molecule has 0 atom stereocenters. The summed E-state index contributed by atoms with van der Waals surface area (Å²) >= 11 is 0. The van der Waals surface area contributed by atoms with Crippen LogP contribution in [0.2, 0.25) is 0 Å². The van der Waals surface area contributed by atoms with Gasteiger partial charge in [-0.05, 0) is 93.0 Å². The molecular weight excluding hydrogens is 585 g/mol. The van der Waals surface area contributed by atoms with Gasteiger partial charge in [-0.2, -0.15) is 4.80 Å². The van der Waals surface area contributed by atoms with Crippen molar-refractivity contribution in [2.24, 2.45) is 0 Å². The Morgan fingerprint density at radius 3 is 1.79 bits per heavy atom. The van der Waals surface area contributed by atoms with E-state index in [1.807, 2.05) is 30.3 Å². The van der Waals surface area contributed by atoms with Gasteiger partial charge in [-0.1, -0.05) is 127 Å². The lowest BCUT2D eigenvalue weighted by atomic mass is 9.94. The third-order valence-electron chi connectivity index (χ3n) is 9.02. The predicted octanol–water partition coefficient (Wildman–Crippen LogP) is 11.5. The smallest absolute Gasteiger partial charge is 0.122 e. The zero-order chi connectivity index (χ0) is 31.9. The monoisotopic (exact) mass is 614 g/mol. The van der Waals surface area contributed by atoms with Crippen LogP contribution in [0.1, 0.15) is 0 Å². The molecule has 0 bridgehead atoms. The minimum Gasteiger partial charge on any atom is -0.310 e. The van der Waals surface area contributed by atoms with E-state index in [-0.39, 0.29) is 0 Å². The maximum atomic E-state index is 5.02. The fraction of sp³-hybridized carbons (Fsp3) is 0. The highest BCUT2D eigenvalue weighted by Crippen LogP contribution is 2.41. The summed E-state index contributed by atoms with van der Waals surface area (Å²) in [5.74, 6) is 0. The third kappa shape index (κ3) is 4.88. The Morgan fingerprint density at radius 1 is 0.417 bits per heavy atom. The molecule has 48 heavy (non-hydrogen) atoms. The average Bonchev–Trinajstić information content (AvgIpc) is 3.61. The summed E-state index contributed by atoms with van der Waals surface area (Å²) in [7, 11) is 0. The molecule has 4 heteroatoms. The lowest BCUT2D eigenvalue weighted by Crippen LogP contribution is -2.10. The van der Waals surface area contributed by atoms with Crippen molar-refractivity contribution in [3.8, 4) is 27.9 Å². The molecule has 0 saturated heterocycles. The van der Waals surface area contributed by atoms with Gasteiger partial charge in [0.05, 0.1) is 5.69 Å². The molecule has 8 aromatic carbocycles. The van der Waals surface area contributed by atoms with Gasteiger partial charge in [0.2, 0.25) is 0 Å². The van der Waals surface area contributed by atoms with Crippen LogP contribution in [0, 0.1) is 0 Å². The Balaban J connectivity index is 1.23. The summed E-state index contributed by atoms with van der Waals surface area (Å²) in [6, 6.07) is 64.1. The summed E-state index contributed by atoms with van der Waals surface area (Å²) in [6.07, 6.45) is 0. The largest absolute Gasteiger partial charge is 0.310 e. The number of rotatable bonds is 6.